The molecular formula is C28H23N2+. The van der Waals surface area contributed by atoms with Crippen molar-refractivity contribution in [3.05, 3.63) is 96.1 Å². The molecule has 2 nitrogen and oxygen atoms in total. The molecule has 2 heterocycles. The number of imidazole rings is 1. The summed E-state index contributed by atoms with van der Waals surface area (Å²) in [5, 5.41) is 3.94. The van der Waals surface area contributed by atoms with Crippen molar-refractivity contribution >= 4 is 38.4 Å². The average molecular weight is 388 g/mol. The molecule has 2 heteroatoms. The van der Waals surface area contributed by atoms with Gasteiger partial charge >= 0.3 is 0 Å². The molecule has 0 aliphatic carbocycles. The quantitative estimate of drug-likeness (QED) is 0.225. The minimum atomic E-state index is 1.24. The Morgan fingerprint density at radius 2 is 1.40 bits per heavy atom. The van der Waals surface area contributed by atoms with Gasteiger partial charge in [-0.3, -0.25) is 0 Å². The molecule has 0 fully saturated rings. The monoisotopic (exact) mass is 387 g/mol. The van der Waals surface area contributed by atoms with Crippen LogP contribution in [-0.2, 0) is 7.05 Å². The lowest BCUT2D eigenvalue weighted by Crippen LogP contribution is -2.22. The van der Waals surface area contributed by atoms with E-state index in [-0.39, 0.29) is 0 Å². The third-order valence-corrected chi connectivity index (χ3v) is 6.42. The number of benzene rings is 4. The summed E-state index contributed by atoms with van der Waals surface area (Å²) in [6, 6.07) is 31.0. The van der Waals surface area contributed by atoms with E-state index in [4.69, 9.17) is 0 Å². The molecule has 0 atom stereocenters. The summed E-state index contributed by atoms with van der Waals surface area (Å²) in [6.45, 7) is 4.35. The van der Waals surface area contributed by atoms with Crippen molar-refractivity contribution in [1.82, 2.24) is 4.57 Å². The number of hydrogen-bond acceptors (Lipinski definition) is 0. The summed E-state index contributed by atoms with van der Waals surface area (Å²) in [5.41, 5.74) is 10.1. The maximum absolute atomic E-state index is 2.43. The van der Waals surface area contributed by atoms with E-state index in [0.29, 0.717) is 0 Å². The van der Waals surface area contributed by atoms with Crippen molar-refractivity contribution in [2.24, 2.45) is 7.05 Å². The molecule has 30 heavy (non-hydrogen) atoms. The lowest BCUT2D eigenvalue weighted by Gasteiger charge is -2.06. The van der Waals surface area contributed by atoms with Crippen LogP contribution in [0.25, 0.3) is 49.5 Å². The van der Waals surface area contributed by atoms with Crippen LogP contribution in [0.2, 0.25) is 0 Å². The van der Waals surface area contributed by atoms with E-state index >= 15 is 0 Å². The lowest BCUT2D eigenvalue weighted by molar-refractivity contribution is -0.449. The Labute approximate surface area is 175 Å². The highest BCUT2D eigenvalue weighted by Crippen LogP contribution is 2.32. The molecule has 6 rings (SSSR count). The fourth-order valence-corrected chi connectivity index (χ4v) is 4.89. The second-order valence-electron chi connectivity index (χ2n) is 8.30. The molecule has 0 aliphatic rings. The van der Waals surface area contributed by atoms with Gasteiger partial charge in [0.25, 0.3) is 5.65 Å². The standard InChI is InChI=1S/C28H23N2/c1-18-11-13-20(14-12-18)21-15-16-25-26(17-21)29(3)28-27-19(2)7-6-9-23(27)22-8-4-5-10-24(22)30(25)28/h4-17H,1-3H3/q+1. The van der Waals surface area contributed by atoms with Crippen molar-refractivity contribution in [3.8, 4) is 11.1 Å². The van der Waals surface area contributed by atoms with Crippen molar-refractivity contribution in [3.63, 3.8) is 0 Å². The minimum absolute atomic E-state index is 1.24. The Bertz CT molecular complexity index is 1600. The molecule has 4 aromatic carbocycles. The van der Waals surface area contributed by atoms with Crippen molar-refractivity contribution in [2.75, 3.05) is 0 Å². The number of fused-ring (bicyclic) bond motifs is 8. The van der Waals surface area contributed by atoms with Gasteiger partial charge in [0.1, 0.15) is 5.52 Å². The summed E-state index contributed by atoms with van der Waals surface area (Å²) in [6.07, 6.45) is 0. The van der Waals surface area contributed by atoms with Crippen molar-refractivity contribution < 1.29 is 4.40 Å². The van der Waals surface area contributed by atoms with E-state index in [1.54, 1.807) is 0 Å². The third-order valence-electron chi connectivity index (χ3n) is 6.42. The van der Waals surface area contributed by atoms with Gasteiger partial charge in [-0.15, -0.1) is 0 Å². The van der Waals surface area contributed by atoms with E-state index in [2.05, 4.69) is 115 Å². The Kier molecular flexibility index (Phi) is 3.54. The van der Waals surface area contributed by atoms with Crippen LogP contribution in [0.3, 0.4) is 0 Å². The fraction of sp³-hybridized carbons (Fsp3) is 0.107. The van der Waals surface area contributed by atoms with Gasteiger partial charge in [0.05, 0.1) is 12.4 Å². The number of pyridine rings is 1. The SMILES string of the molecule is Cc1ccc(-c2ccc3c(c2)n(C)c2c4c(C)cccc4c4ccccc4[n+]32)cc1. The molecule has 0 spiro atoms. The van der Waals surface area contributed by atoms with Gasteiger partial charge in [-0.25, -0.2) is 4.57 Å². The molecule has 0 bridgehead atoms. The zero-order chi connectivity index (χ0) is 20.4. The normalized spacial score (nSPS) is 11.8. The van der Waals surface area contributed by atoms with Gasteiger partial charge in [-0.1, -0.05) is 66.2 Å². The number of rotatable bonds is 1. The van der Waals surface area contributed by atoms with Crippen LogP contribution in [0.4, 0.5) is 0 Å². The van der Waals surface area contributed by atoms with Crippen LogP contribution >= 0.6 is 0 Å². The highest BCUT2D eigenvalue weighted by atomic mass is 15.1. The lowest BCUT2D eigenvalue weighted by atomic mass is 10.0. The summed E-state index contributed by atoms with van der Waals surface area (Å²) in [4.78, 5) is 0. The molecule has 0 aliphatic heterocycles. The predicted molar refractivity (Wildman–Crippen MR) is 126 cm³/mol. The molecule has 0 radical (unpaired) electrons. The van der Waals surface area contributed by atoms with Crippen LogP contribution in [0.5, 0.6) is 0 Å². The van der Waals surface area contributed by atoms with Crippen molar-refractivity contribution in [2.45, 2.75) is 13.8 Å². The molecule has 0 saturated heterocycles. The molecule has 2 aromatic heterocycles. The fourth-order valence-electron chi connectivity index (χ4n) is 4.89. The maximum atomic E-state index is 2.43. The summed E-state index contributed by atoms with van der Waals surface area (Å²) >= 11 is 0. The van der Waals surface area contributed by atoms with Gasteiger partial charge < -0.3 is 0 Å². The number of nitrogens with zero attached hydrogens (tertiary/aromatic N) is 2. The van der Waals surface area contributed by atoms with Crippen LogP contribution in [-0.4, -0.2) is 4.57 Å². The van der Waals surface area contributed by atoms with Gasteiger partial charge in [-0.05, 0) is 54.8 Å². The van der Waals surface area contributed by atoms with E-state index in [9.17, 15) is 0 Å². The largest absolute Gasteiger partial charge is 0.295 e. The zero-order valence-electron chi connectivity index (χ0n) is 17.5. The van der Waals surface area contributed by atoms with Crippen LogP contribution < -0.4 is 4.40 Å². The molecule has 0 amide bonds. The highest BCUT2D eigenvalue weighted by molar-refractivity contribution is 6.11. The third kappa shape index (κ3) is 2.28. The molecule has 6 aromatic rings. The maximum Gasteiger partial charge on any atom is 0.295 e. The summed E-state index contributed by atoms with van der Waals surface area (Å²) in [7, 11) is 2.19. The predicted octanol–water partition coefficient (Wildman–Crippen LogP) is 6.51. The van der Waals surface area contributed by atoms with Crippen LogP contribution in [0.15, 0.2) is 84.9 Å². The molecule has 0 saturated carbocycles. The Morgan fingerprint density at radius 3 is 2.23 bits per heavy atom. The van der Waals surface area contributed by atoms with E-state index < -0.39 is 0 Å². The number of para-hydroxylation sites is 1. The van der Waals surface area contributed by atoms with Crippen LogP contribution in [0.1, 0.15) is 11.1 Å². The second-order valence-corrected chi connectivity index (χ2v) is 8.30. The van der Waals surface area contributed by atoms with E-state index in [1.165, 1.54) is 60.6 Å². The smallest absolute Gasteiger partial charge is 0.225 e. The molecular weight excluding hydrogens is 364 g/mol. The van der Waals surface area contributed by atoms with Gasteiger partial charge in [0, 0.05) is 10.8 Å². The number of aryl methyl sites for hydroxylation is 3. The minimum Gasteiger partial charge on any atom is -0.225 e. The second kappa shape index (κ2) is 6.17. The Morgan fingerprint density at radius 1 is 0.667 bits per heavy atom. The van der Waals surface area contributed by atoms with Gasteiger partial charge in [0.2, 0.25) is 0 Å². The van der Waals surface area contributed by atoms with Gasteiger partial charge in [-0.2, -0.15) is 4.40 Å². The van der Waals surface area contributed by atoms with Gasteiger partial charge in [0.15, 0.2) is 11.0 Å². The Balaban J connectivity index is 1.82. The first-order valence-corrected chi connectivity index (χ1v) is 10.4. The molecule has 0 N–H and O–H groups in total. The topological polar surface area (TPSA) is 9.03 Å². The molecule has 144 valence electrons. The van der Waals surface area contributed by atoms with E-state index in [0.717, 1.165) is 0 Å². The Hall–Kier alpha value is -3.65. The highest BCUT2D eigenvalue weighted by Gasteiger charge is 2.24. The summed E-state index contributed by atoms with van der Waals surface area (Å²) in [5.74, 6) is 0. The zero-order valence-corrected chi connectivity index (χ0v) is 17.5. The average Bonchev–Trinajstić information content (AvgIpc) is 3.07. The first kappa shape index (κ1) is 17.2. The number of hydrogen-bond donors (Lipinski definition) is 0. The first-order chi connectivity index (χ1) is 14.6. The van der Waals surface area contributed by atoms with Crippen LogP contribution in [0, 0.1) is 13.8 Å². The first-order valence-electron chi connectivity index (χ1n) is 10.4. The number of aromatic nitrogens is 2. The van der Waals surface area contributed by atoms with E-state index in [1.807, 2.05) is 0 Å². The molecule has 0 unspecified atom stereocenters. The van der Waals surface area contributed by atoms with Crippen molar-refractivity contribution in [1.29, 1.82) is 0 Å². The summed E-state index contributed by atoms with van der Waals surface area (Å²) < 4.78 is 4.79.